The number of esters is 3. The molecule has 0 amide bonds. The van der Waals surface area contributed by atoms with Gasteiger partial charge in [0.2, 0.25) is 0 Å². The van der Waals surface area contributed by atoms with E-state index in [9.17, 15) is 14.4 Å². The smallest absolute Gasteiger partial charge is 0.306 e. The van der Waals surface area contributed by atoms with E-state index in [2.05, 4.69) is 130 Å². The second kappa shape index (κ2) is 69.6. The van der Waals surface area contributed by atoms with Gasteiger partial charge < -0.3 is 14.2 Å². The molecule has 0 aromatic heterocycles. The number of ether oxygens (including phenoxy) is 3. The molecule has 0 fully saturated rings. The van der Waals surface area contributed by atoms with Gasteiger partial charge in [-0.1, -0.05) is 297 Å². The monoisotopic (exact) mass is 1140 g/mol. The van der Waals surface area contributed by atoms with Crippen molar-refractivity contribution >= 4 is 17.9 Å². The van der Waals surface area contributed by atoms with Crippen molar-refractivity contribution in [3.05, 3.63) is 109 Å². The molecule has 6 heteroatoms. The van der Waals surface area contributed by atoms with Crippen molar-refractivity contribution in [3.63, 3.8) is 0 Å². The third-order valence-electron chi connectivity index (χ3n) is 15.0. The van der Waals surface area contributed by atoms with Crippen molar-refractivity contribution in [2.75, 3.05) is 13.2 Å². The molecule has 0 rings (SSSR count). The number of hydrogen-bond acceptors (Lipinski definition) is 6. The number of hydrogen-bond donors (Lipinski definition) is 0. The molecule has 0 bridgehead atoms. The third kappa shape index (κ3) is 66.9. The van der Waals surface area contributed by atoms with Crippen molar-refractivity contribution in [1.29, 1.82) is 0 Å². The molecule has 0 aliphatic carbocycles. The maximum absolute atomic E-state index is 13.0. The van der Waals surface area contributed by atoms with E-state index in [1.807, 2.05) is 0 Å². The normalized spacial score (nSPS) is 12.8. The lowest BCUT2D eigenvalue weighted by Gasteiger charge is -2.18. The van der Waals surface area contributed by atoms with Crippen LogP contribution in [0.15, 0.2) is 109 Å². The summed E-state index contributed by atoms with van der Waals surface area (Å²) in [7, 11) is 0. The Kier molecular flexibility index (Phi) is 66.2. The topological polar surface area (TPSA) is 78.9 Å². The Morgan fingerprint density at radius 2 is 0.476 bits per heavy atom. The van der Waals surface area contributed by atoms with E-state index in [1.165, 1.54) is 173 Å². The average Bonchev–Trinajstić information content (AvgIpc) is 3.47. The molecule has 6 nitrogen and oxygen atoms in total. The van der Waals surface area contributed by atoms with Gasteiger partial charge in [-0.3, -0.25) is 14.4 Å². The highest BCUT2D eigenvalue weighted by Gasteiger charge is 2.19. The van der Waals surface area contributed by atoms with E-state index >= 15 is 0 Å². The van der Waals surface area contributed by atoms with Gasteiger partial charge in [0.25, 0.3) is 0 Å². The summed E-state index contributed by atoms with van der Waals surface area (Å²) in [6.07, 6.45) is 95.3. The average molecular weight is 1140 g/mol. The number of allylic oxidation sites excluding steroid dienone is 18. The molecule has 1 unspecified atom stereocenters. The second-order valence-electron chi connectivity index (χ2n) is 23.1. The van der Waals surface area contributed by atoms with E-state index < -0.39 is 6.10 Å². The molecule has 0 spiro atoms. The molecule has 82 heavy (non-hydrogen) atoms. The SMILES string of the molecule is CC/C=C\C/C=C\C/C=C\C/C=C\C/C=C\CCCCCCCCCCCC(=O)OCC(COC(=O)CCCCCCC/C=C\C/C=C\CCCCCC)OC(=O)CCCCCCCCCCCCC/C=C\C/C=C\CCCCCCC. The number of carbonyl (C=O) groups is 3. The maximum atomic E-state index is 13.0. The standard InChI is InChI=1S/C76H130O6/c1-4-7-10-13-16-19-22-25-28-31-33-35-37-38-40-41-43-45-48-51-54-57-60-63-66-69-75(78)81-72-73(71-80-74(77)68-65-62-59-56-53-50-47-30-27-24-21-18-15-12-9-6-3)82-76(79)70-67-64-61-58-55-52-49-46-44-42-39-36-34-32-29-26-23-20-17-14-11-8-5-2/h7,10,16,19,21,23-26,28,30,32-35,38,40,47,73H,4-6,8-9,11-15,17-18,20,22,27,29,31,36-37,39,41-46,48-72H2,1-3H3/b10-7-,19-16-,24-21-,26-23-,28-25-,34-32-,35-33-,40-38-,47-30-. The lowest BCUT2D eigenvalue weighted by molar-refractivity contribution is -0.167. The van der Waals surface area contributed by atoms with Gasteiger partial charge in [-0.25, -0.2) is 0 Å². The van der Waals surface area contributed by atoms with E-state index in [4.69, 9.17) is 14.2 Å². The van der Waals surface area contributed by atoms with Gasteiger partial charge in [0, 0.05) is 19.3 Å². The summed E-state index contributed by atoms with van der Waals surface area (Å²) < 4.78 is 17.0. The summed E-state index contributed by atoms with van der Waals surface area (Å²) in [5.41, 5.74) is 0. The number of rotatable bonds is 63. The van der Waals surface area contributed by atoms with Crippen LogP contribution < -0.4 is 0 Å². The fourth-order valence-corrected chi connectivity index (χ4v) is 9.77. The lowest BCUT2D eigenvalue weighted by atomic mass is 10.0. The van der Waals surface area contributed by atoms with Crippen LogP contribution in [0.25, 0.3) is 0 Å². The molecule has 0 radical (unpaired) electrons. The maximum Gasteiger partial charge on any atom is 0.306 e. The molecule has 0 saturated carbocycles. The Balaban J connectivity index is 4.38. The molecule has 1 atom stereocenters. The summed E-state index contributed by atoms with van der Waals surface area (Å²) in [6.45, 7) is 6.52. The van der Waals surface area contributed by atoms with Crippen LogP contribution >= 0.6 is 0 Å². The van der Waals surface area contributed by atoms with E-state index in [0.717, 1.165) is 122 Å². The van der Waals surface area contributed by atoms with Crippen molar-refractivity contribution in [2.45, 2.75) is 341 Å². The molecule has 0 aromatic rings. The van der Waals surface area contributed by atoms with Gasteiger partial charge in [-0.2, -0.15) is 0 Å². The van der Waals surface area contributed by atoms with Crippen LogP contribution in [0.5, 0.6) is 0 Å². The van der Waals surface area contributed by atoms with Gasteiger partial charge in [0.1, 0.15) is 13.2 Å². The molecule has 0 N–H and O–H groups in total. The summed E-state index contributed by atoms with van der Waals surface area (Å²) in [6, 6.07) is 0. The minimum absolute atomic E-state index is 0.0863. The van der Waals surface area contributed by atoms with Crippen molar-refractivity contribution in [3.8, 4) is 0 Å². The predicted molar refractivity (Wildman–Crippen MR) is 357 cm³/mol. The highest BCUT2D eigenvalue weighted by molar-refractivity contribution is 5.71. The van der Waals surface area contributed by atoms with Crippen LogP contribution in [0.1, 0.15) is 335 Å². The predicted octanol–water partition coefficient (Wildman–Crippen LogP) is 24.2. The fourth-order valence-electron chi connectivity index (χ4n) is 9.77. The van der Waals surface area contributed by atoms with E-state index in [-0.39, 0.29) is 31.1 Å². The molecule has 0 aliphatic rings. The van der Waals surface area contributed by atoms with Gasteiger partial charge in [-0.15, -0.1) is 0 Å². The second-order valence-corrected chi connectivity index (χ2v) is 23.1. The Hall–Kier alpha value is -3.93. The zero-order chi connectivity index (χ0) is 59.2. The Morgan fingerprint density at radius 1 is 0.256 bits per heavy atom. The molecule has 0 aliphatic heterocycles. The number of carbonyl (C=O) groups excluding carboxylic acids is 3. The minimum Gasteiger partial charge on any atom is -0.462 e. The Morgan fingerprint density at radius 3 is 0.756 bits per heavy atom. The quantitative estimate of drug-likeness (QED) is 0.0261. The summed E-state index contributed by atoms with van der Waals surface area (Å²) in [4.78, 5) is 38.5. The highest BCUT2D eigenvalue weighted by Crippen LogP contribution is 2.16. The Labute approximate surface area is 508 Å². The van der Waals surface area contributed by atoms with Crippen molar-refractivity contribution in [2.24, 2.45) is 0 Å². The molecular formula is C76H130O6. The first-order chi connectivity index (χ1) is 40.5. The third-order valence-corrected chi connectivity index (χ3v) is 15.0. The van der Waals surface area contributed by atoms with Crippen molar-refractivity contribution < 1.29 is 28.6 Å². The van der Waals surface area contributed by atoms with Crippen LogP contribution in [-0.2, 0) is 28.6 Å². The first-order valence-electron chi connectivity index (χ1n) is 34.9. The van der Waals surface area contributed by atoms with Gasteiger partial charge in [-0.05, 0) is 128 Å². The van der Waals surface area contributed by atoms with Crippen LogP contribution in [0.2, 0.25) is 0 Å². The molecular weight excluding hydrogens is 1010 g/mol. The van der Waals surface area contributed by atoms with Crippen LogP contribution in [0.3, 0.4) is 0 Å². The van der Waals surface area contributed by atoms with Crippen LogP contribution in [0, 0.1) is 0 Å². The van der Waals surface area contributed by atoms with Crippen LogP contribution in [-0.4, -0.2) is 37.2 Å². The van der Waals surface area contributed by atoms with Gasteiger partial charge in [0.15, 0.2) is 6.10 Å². The van der Waals surface area contributed by atoms with E-state index in [1.54, 1.807) is 0 Å². The van der Waals surface area contributed by atoms with Crippen LogP contribution in [0.4, 0.5) is 0 Å². The zero-order valence-corrected chi connectivity index (χ0v) is 54.0. The summed E-state index contributed by atoms with van der Waals surface area (Å²) in [5.74, 6) is -0.895. The molecule has 470 valence electrons. The first kappa shape index (κ1) is 78.1. The molecule has 0 aromatic carbocycles. The van der Waals surface area contributed by atoms with Gasteiger partial charge in [0.05, 0.1) is 0 Å². The van der Waals surface area contributed by atoms with Crippen molar-refractivity contribution in [1.82, 2.24) is 0 Å². The lowest BCUT2D eigenvalue weighted by Crippen LogP contribution is -2.30. The zero-order valence-electron chi connectivity index (χ0n) is 54.0. The minimum atomic E-state index is -0.791. The largest absolute Gasteiger partial charge is 0.462 e. The molecule has 0 saturated heterocycles. The summed E-state index contributed by atoms with van der Waals surface area (Å²) in [5, 5.41) is 0. The summed E-state index contributed by atoms with van der Waals surface area (Å²) >= 11 is 0. The van der Waals surface area contributed by atoms with Gasteiger partial charge >= 0.3 is 17.9 Å². The van der Waals surface area contributed by atoms with E-state index in [0.29, 0.717) is 19.3 Å². The first-order valence-corrected chi connectivity index (χ1v) is 34.9. The Bertz CT molecular complexity index is 1640. The fraction of sp³-hybridized carbons (Fsp3) is 0.724. The number of unbranched alkanes of at least 4 members (excludes halogenated alkanes) is 34. The molecule has 0 heterocycles. The highest BCUT2D eigenvalue weighted by atomic mass is 16.6.